The first-order chi connectivity index (χ1) is 12.8. The van der Waals surface area contributed by atoms with Crippen molar-refractivity contribution in [3.8, 4) is 11.5 Å². The van der Waals surface area contributed by atoms with Crippen molar-refractivity contribution in [2.24, 2.45) is 0 Å². The Morgan fingerprint density at radius 2 is 1.79 bits per heavy atom. The molecule has 0 saturated carbocycles. The summed E-state index contributed by atoms with van der Waals surface area (Å²) in [6.07, 6.45) is 4.44. The zero-order chi connectivity index (χ0) is 17.8. The number of rotatable bonds is 4. The molecule has 4 rings (SSSR count). The summed E-state index contributed by atoms with van der Waals surface area (Å²) in [7, 11) is 0. The number of ether oxygens (including phenoxy) is 1. The number of piperazine rings is 1. The standard InChI is InChI=1S/C20H24N4O2.2ClH/c25-20(24-11-7-17(15-24)23-12-9-21-10-13-23)16-3-5-18(6-4-16)26-19-2-1-8-22-14-19;;/h1-6,8,14,17,21H,7,9-13,15H2;2*1H. The van der Waals surface area contributed by atoms with Gasteiger partial charge in [0.15, 0.2) is 0 Å². The number of likely N-dealkylation sites (tertiary alicyclic amines) is 1. The van der Waals surface area contributed by atoms with Crippen LogP contribution in [0.3, 0.4) is 0 Å². The second-order valence-electron chi connectivity index (χ2n) is 6.79. The van der Waals surface area contributed by atoms with Crippen molar-refractivity contribution in [1.82, 2.24) is 20.1 Å². The molecule has 3 heterocycles. The highest BCUT2D eigenvalue weighted by atomic mass is 35.5. The third-order valence-electron chi connectivity index (χ3n) is 5.09. The molecule has 2 aliphatic heterocycles. The first-order valence-electron chi connectivity index (χ1n) is 9.21. The van der Waals surface area contributed by atoms with Gasteiger partial charge in [0.2, 0.25) is 0 Å². The molecule has 2 aliphatic rings. The van der Waals surface area contributed by atoms with E-state index in [9.17, 15) is 4.79 Å². The fraction of sp³-hybridized carbons (Fsp3) is 0.400. The average Bonchev–Trinajstić information content (AvgIpc) is 3.20. The fourth-order valence-corrected chi connectivity index (χ4v) is 3.66. The van der Waals surface area contributed by atoms with E-state index in [1.54, 1.807) is 12.4 Å². The summed E-state index contributed by atoms with van der Waals surface area (Å²) in [5, 5.41) is 3.38. The number of nitrogens with one attached hydrogen (secondary N) is 1. The van der Waals surface area contributed by atoms with Crippen LogP contribution in [-0.4, -0.2) is 66.0 Å². The molecule has 152 valence electrons. The fourth-order valence-electron chi connectivity index (χ4n) is 3.66. The number of hydrogen-bond acceptors (Lipinski definition) is 5. The summed E-state index contributed by atoms with van der Waals surface area (Å²) < 4.78 is 5.73. The van der Waals surface area contributed by atoms with Gasteiger partial charge in [-0.25, -0.2) is 0 Å². The van der Waals surface area contributed by atoms with Gasteiger partial charge < -0.3 is 15.0 Å². The van der Waals surface area contributed by atoms with Crippen LogP contribution in [0.15, 0.2) is 48.8 Å². The van der Waals surface area contributed by atoms with Gasteiger partial charge in [0.25, 0.3) is 5.91 Å². The van der Waals surface area contributed by atoms with E-state index in [1.165, 1.54) is 0 Å². The lowest BCUT2D eigenvalue weighted by molar-refractivity contribution is 0.0773. The number of benzene rings is 1. The van der Waals surface area contributed by atoms with E-state index < -0.39 is 0 Å². The van der Waals surface area contributed by atoms with Gasteiger partial charge in [0.1, 0.15) is 11.5 Å². The molecule has 0 radical (unpaired) electrons. The van der Waals surface area contributed by atoms with Crippen molar-refractivity contribution in [2.75, 3.05) is 39.3 Å². The molecule has 28 heavy (non-hydrogen) atoms. The van der Waals surface area contributed by atoms with E-state index in [2.05, 4.69) is 15.2 Å². The normalized spacial score (nSPS) is 19.4. The minimum absolute atomic E-state index is 0. The average molecular weight is 425 g/mol. The number of carbonyl (C=O) groups excluding carboxylic acids is 1. The molecule has 1 N–H and O–H groups in total. The van der Waals surface area contributed by atoms with E-state index in [4.69, 9.17) is 4.74 Å². The number of halogens is 2. The third-order valence-corrected chi connectivity index (χ3v) is 5.09. The Hall–Kier alpha value is -1.86. The lowest BCUT2D eigenvalue weighted by Gasteiger charge is -2.32. The number of carbonyl (C=O) groups is 1. The van der Waals surface area contributed by atoms with Gasteiger partial charge in [-0.1, -0.05) is 0 Å². The van der Waals surface area contributed by atoms with Crippen molar-refractivity contribution in [1.29, 1.82) is 0 Å². The van der Waals surface area contributed by atoms with Crippen molar-refractivity contribution < 1.29 is 9.53 Å². The number of amides is 1. The van der Waals surface area contributed by atoms with Crippen LogP contribution in [0.2, 0.25) is 0 Å². The van der Waals surface area contributed by atoms with Gasteiger partial charge in [-0.15, -0.1) is 24.8 Å². The number of pyridine rings is 1. The number of aromatic nitrogens is 1. The SMILES string of the molecule is Cl.Cl.O=C(c1ccc(Oc2cccnc2)cc1)N1CCC(N2CCNCC2)C1. The summed E-state index contributed by atoms with van der Waals surface area (Å²) >= 11 is 0. The highest BCUT2D eigenvalue weighted by Gasteiger charge is 2.31. The highest BCUT2D eigenvalue weighted by Crippen LogP contribution is 2.23. The van der Waals surface area contributed by atoms with Crippen molar-refractivity contribution in [3.63, 3.8) is 0 Å². The molecule has 2 aromatic rings. The topological polar surface area (TPSA) is 57.7 Å². The summed E-state index contributed by atoms with van der Waals surface area (Å²) in [4.78, 5) is 21.3. The van der Waals surface area contributed by atoms with Crippen LogP contribution in [0.5, 0.6) is 11.5 Å². The Morgan fingerprint density at radius 3 is 2.46 bits per heavy atom. The van der Waals surface area contributed by atoms with Crippen LogP contribution in [0.25, 0.3) is 0 Å². The maximum absolute atomic E-state index is 12.8. The van der Waals surface area contributed by atoms with Gasteiger partial charge in [0.05, 0.1) is 6.20 Å². The molecule has 0 bridgehead atoms. The van der Waals surface area contributed by atoms with Crippen LogP contribution in [0.4, 0.5) is 0 Å². The van der Waals surface area contributed by atoms with Gasteiger partial charge >= 0.3 is 0 Å². The molecule has 0 spiro atoms. The van der Waals surface area contributed by atoms with Crippen LogP contribution in [-0.2, 0) is 0 Å². The van der Waals surface area contributed by atoms with E-state index in [0.29, 0.717) is 23.1 Å². The maximum Gasteiger partial charge on any atom is 0.253 e. The van der Waals surface area contributed by atoms with Gasteiger partial charge in [-0.05, 0) is 42.8 Å². The summed E-state index contributed by atoms with van der Waals surface area (Å²) in [6, 6.07) is 11.5. The first-order valence-corrected chi connectivity index (χ1v) is 9.21. The van der Waals surface area contributed by atoms with E-state index in [1.807, 2.05) is 41.3 Å². The summed E-state index contributed by atoms with van der Waals surface area (Å²) in [6.45, 7) is 5.90. The molecule has 1 aromatic heterocycles. The second kappa shape index (κ2) is 10.6. The molecular formula is C20H26Cl2N4O2. The lowest BCUT2D eigenvalue weighted by Crippen LogP contribution is -2.49. The van der Waals surface area contributed by atoms with Crippen molar-refractivity contribution >= 4 is 30.7 Å². The van der Waals surface area contributed by atoms with Crippen molar-refractivity contribution in [2.45, 2.75) is 12.5 Å². The molecule has 8 heteroatoms. The number of hydrogen-bond donors (Lipinski definition) is 1. The molecule has 1 atom stereocenters. The van der Waals surface area contributed by atoms with Crippen LogP contribution in [0, 0.1) is 0 Å². The highest BCUT2D eigenvalue weighted by molar-refractivity contribution is 5.94. The van der Waals surface area contributed by atoms with E-state index >= 15 is 0 Å². The Bertz CT molecular complexity index is 740. The van der Waals surface area contributed by atoms with E-state index in [0.717, 1.165) is 45.7 Å². The quantitative estimate of drug-likeness (QED) is 0.817. The monoisotopic (exact) mass is 424 g/mol. The second-order valence-corrected chi connectivity index (χ2v) is 6.79. The van der Waals surface area contributed by atoms with Gasteiger partial charge in [-0.3, -0.25) is 14.7 Å². The van der Waals surface area contributed by atoms with Crippen LogP contribution in [0.1, 0.15) is 16.8 Å². The molecule has 1 amide bonds. The number of nitrogens with zero attached hydrogens (tertiary/aromatic N) is 3. The molecule has 2 fully saturated rings. The Morgan fingerprint density at radius 1 is 1.04 bits per heavy atom. The van der Waals surface area contributed by atoms with Crippen LogP contribution >= 0.6 is 24.8 Å². The molecular weight excluding hydrogens is 399 g/mol. The Kier molecular flexibility index (Phi) is 8.51. The summed E-state index contributed by atoms with van der Waals surface area (Å²) in [5.41, 5.74) is 0.712. The summed E-state index contributed by atoms with van der Waals surface area (Å²) in [5.74, 6) is 1.50. The lowest BCUT2D eigenvalue weighted by atomic mass is 10.2. The Labute approximate surface area is 178 Å². The smallest absolute Gasteiger partial charge is 0.253 e. The predicted molar refractivity (Wildman–Crippen MR) is 114 cm³/mol. The third kappa shape index (κ3) is 5.35. The van der Waals surface area contributed by atoms with Gasteiger partial charge in [-0.2, -0.15) is 0 Å². The molecule has 2 saturated heterocycles. The minimum Gasteiger partial charge on any atom is -0.456 e. The van der Waals surface area contributed by atoms with Crippen molar-refractivity contribution in [3.05, 3.63) is 54.4 Å². The largest absolute Gasteiger partial charge is 0.456 e. The molecule has 1 aromatic carbocycles. The molecule has 6 nitrogen and oxygen atoms in total. The van der Waals surface area contributed by atoms with E-state index in [-0.39, 0.29) is 30.7 Å². The van der Waals surface area contributed by atoms with Crippen LogP contribution < -0.4 is 10.1 Å². The maximum atomic E-state index is 12.8. The molecule has 0 aliphatic carbocycles. The minimum atomic E-state index is 0. The zero-order valence-electron chi connectivity index (χ0n) is 15.6. The van der Waals surface area contributed by atoms with Gasteiger partial charge in [0, 0.05) is 57.1 Å². The predicted octanol–water partition coefficient (Wildman–Crippen LogP) is 2.84. The zero-order valence-corrected chi connectivity index (χ0v) is 17.3. The molecule has 1 unspecified atom stereocenters. The Balaban J connectivity index is 0.00000140. The first kappa shape index (κ1) is 22.4.